The fourth-order valence-corrected chi connectivity index (χ4v) is 4.82. The summed E-state index contributed by atoms with van der Waals surface area (Å²) in [6, 6.07) is 13.9. The molecule has 0 saturated carbocycles. The van der Waals surface area contributed by atoms with E-state index >= 15 is 0 Å². The van der Waals surface area contributed by atoms with E-state index in [1.165, 1.54) is 4.31 Å². The molecule has 156 valence electrons. The highest BCUT2D eigenvalue weighted by Crippen LogP contribution is 2.23. The summed E-state index contributed by atoms with van der Waals surface area (Å²) in [5, 5.41) is 3.67. The molecule has 0 unspecified atom stereocenters. The van der Waals surface area contributed by atoms with Crippen molar-refractivity contribution in [1.82, 2.24) is 14.5 Å². The summed E-state index contributed by atoms with van der Waals surface area (Å²) in [6.07, 6.45) is 0.825. The predicted octanol–water partition coefficient (Wildman–Crippen LogP) is 2.53. The number of nitrogens with one attached hydrogen (secondary N) is 1. The van der Waals surface area contributed by atoms with Gasteiger partial charge in [0.15, 0.2) is 0 Å². The fraction of sp³-hybridized carbons (Fsp3) is 0.381. The summed E-state index contributed by atoms with van der Waals surface area (Å²) < 4.78 is 28.0. The van der Waals surface area contributed by atoms with Gasteiger partial charge in [0.2, 0.25) is 15.9 Å². The maximum Gasteiger partial charge on any atom is 0.243 e. The molecule has 0 radical (unpaired) electrons. The Balaban J connectivity index is 1.89. The molecule has 1 saturated heterocycles. The first kappa shape index (κ1) is 21.8. The van der Waals surface area contributed by atoms with Crippen molar-refractivity contribution in [2.75, 3.05) is 32.7 Å². The molecule has 29 heavy (non-hydrogen) atoms. The number of amides is 1. The summed E-state index contributed by atoms with van der Waals surface area (Å²) in [4.78, 5) is 14.7. The zero-order valence-corrected chi connectivity index (χ0v) is 18.0. The molecule has 2 aromatic rings. The van der Waals surface area contributed by atoms with Crippen LogP contribution < -0.4 is 5.32 Å². The van der Waals surface area contributed by atoms with Crippen molar-refractivity contribution in [2.45, 2.75) is 24.8 Å². The zero-order chi connectivity index (χ0) is 20.9. The number of rotatable bonds is 7. The minimum absolute atomic E-state index is 0.0371. The molecule has 1 aliphatic rings. The van der Waals surface area contributed by atoms with Crippen molar-refractivity contribution in [1.29, 1.82) is 0 Å². The van der Waals surface area contributed by atoms with Crippen LogP contribution in [0.2, 0.25) is 5.02 Å². The third kappa shape index (κ3) is 5.36. The van der Waals surface area contributed by atoms with Gasteiger partial charge in [0.05, 0.1) is 11.4 Å². The van der Waals surface area contributed by atoms with E-state index in [0.717, 1.165) is 12.0 Å². The van der Waals surface area contributed by atoms with Gasteiger partial charge in [-0.05, 0) is 35.7 Å². The number of benzene rings is 2. The molecule has 0 aromatic heterocycles. The number of hydrogen-bond donors (Lipinski definition) is 1. The Labute approximate surface area is 177 Å². The number of piperazine rings is 1. The van der Waals surface area contributed by atoms with E-state index in [0.29, 0.717) is 36.8 Å². The quantitative estimate of drug-likeness (QED) is 0.725. The van der Waals surface area contributed by atoms with Gasteiger partial charge in [-0.1, -0.05) is 48.9 Å². The number of sulfonamides is 1. The highest BCUT2D eigenvalue weighted by Gasteiger charge is 2.29. The van der Waals surface area contributed by atoms with Crippen LogP contribution in [0.25, 0.3) is 0 Å². The molecule has 1 fully saturated rings. The van der Waals surface area contributed by atoms with Crippen LogP contribution in [0.4, 0.5) is 0 Å². The van der Waals surface area contributed by atoms with Crippen molar-refractivity contribution in [3.8, 4) is 0 Å². The van der Waals surface area contributed by atoms with Crippen LogP contribution in [0.3, 0.4) is 0 Å². The van der Waals surface area contributed by atoms with Gasteiger partial charge in [0, 0.05) is 37.7 Å². The lowest BCUT2D eigenvalue weighted by atomic mass is 10.2. The van der Waals surface area contributed by atoms with Gasteiger partial charge in [-0.25, -0.2) is 8.42 Å². The van der Waals surface area contributed by atoms with Gasteiger partial charge in [0.1, 0.15) is 0 Å². The minimum Gasteiger partial charge on any atom is -0.339 e. The van der Waals surface area contributed by atoms with E-state index in [1.807, 2.05) is 6.92 Å². The van der Waals surface area contributed by atoms with E-state index in [-0.39, 0.29) is 23.9 Å². The minimum atomic E-state index is -3.86. The van der Waals surface area contributed by atoms with Crippen molar-refractivity contribution in [3.63, 3.8) is 0 Å². The normalized spacial score (nSPS) is 14.9. The molecule has 1 heterocycles. The molecule has 1 N–H and O–H groups in total. The Morgan fingerprint density at radius 3 is 2.38 bits per heavy atom. The van der Waals surface area contributed by atoms with Crippen LogP contribution in [0.5, 0.6) is 0 Å². The number of carbonyl (C=O) groups excluding carboxylic acids is 1. The van der Waals surface area contributed by atoms with Gasteiger partial charge >= 0.3 is 0 Å². The fourth-order valence-electron chi connectivity index (χ4n) is 3.25. The lowest BCUT2D eigenvalue weighted by molar-refractivity contribution is -0.132. The lowest BCUT2D eigenvalue weighted by Gasteiger charge is -2.30. The molecule has 8 heteroatoms. The lowest BCUT2D eigenvalue weighted by Crippen LogP contribution is -2.50. The number of halogens is 1. The third-order valence-corrected chi connectivity index (χ3v) is 7.23. The second-order valence-electron chi connectivity index (χ2n) is 6.99. The molecule has 0 aliphatic carbocycles. The molecule has 0 spiro atoms. The molecule has 0 bridgehead atoms. The Hall–Kier alpha value is -1.93. The van der Waals surface area contributed by atoms with E-state index in [2.05, 4.69) is 5.32 Å². The summed E-state index contributed by atoms with van der Waals surface area (Å²) in [5.41, 5.74) is 1.72. The van der Waals surface area contributed by atoms with Crippen LogP contribution in [0, 0.1) is 0 Å². The Bertz CT molecular complexity index is 942. The molecule has 1 amide bonds. The molecule has 6 nitrogen and oxygen atoms in total. The van der Waals surface area contributed by atoms with E-state index in [1.54, 1.807) is 53.4 Å². The number of nitrogens with zero attached hydrogens (tertiary/aromatic N) is 2. The van der Waals surface area contributed by atoms with E-state index < -0.39 is 10.0 Å². The Morgan fingerprint density at radius 1 is 1.10 bits per heavy atom. The van der Waals surface area contributed by atoms with Gasteiger partial charge in [-0.15, -0.1) is 0 Å². The first-order chi connectivity index (χ1) is 13.9. The van der Waals surface area contributed by atoms with Crippen LogP contribution in [-0.4, -0.2) is 56.3 Å². The van der Waals surface area contributed by atoms with Crippen molar-refractivity contribution >= 4 is 27.5 Å². The highest BCUT2D eigenvalue weighted by atomic mass is 35.5. The number of aryl methyl sites for hydroxylation is 1. The second-order valence-corrected chi connectivity index (χ2v) is 9.34. The standard InChI is InChI=1S/C21H26ClN3O3S/c1-2-17-7-9-19(10-8-17)29(27,28)25(15-18-5-3-4-6-20(18)22)16-21(26)24-13-11-23-12-14-24/h3-10,23H,2,11-16H2,1H3. The van der Waals surface area contributed by atoms with Gasteiger partial charge < -0.3 is 10.2 Å². The highest BCUT2D eigenvalue weighted by molar-refractivity contribution is 7.89. The van der Waals surface area contributed by atoms with Crippen molar-refractivity contribution in [3.05, 3.63) is 64.7 Å². The summed E-state index contributed by atoms with van der Waals surface area (Å²) in [7, 11) is -3.86. The van der Waals surface area contributed by atoms with Gasteiger partial charge in [0.25, 0.3) is 0 Å². The molecular formula is C21H26ClN3O3S. The largest absolute Gasteiger partial charge is 0.339 e. The monoisotopic (exact) mass is 435 g/mol. The van der Waals surface area contributed by atoms with Crippen molar-refractivity contribution in [2.24, 2.45) is 0 Å². The molecule has 0 atom stereocenters. The van der Waals surface area contributed by atoms with Gasteiger partial charge in [-0.2, -0.15) is 4.31 Å². The molecule has 2 aromatic carbocycles. The van der Waals surface area contributed by atoms with Crippen LogP contribution in [0.1, 0.15) is 18.1 Å². The molecular weight excluding hydrogens is 410 g/mol. The average Bonchev–Trinajstić information content (AvgIpc) is 2.75. The number of carbonyl (C=O) groups is 1. The average molecular weight is 436 g/mol. The maximum atomic E-state index is 13.4. The second kappa shape index (κ2) is 9.71. The molecule has 3 rings (SSSR count). The van der Waals surface area contributed by atoms with Crippen LogP contribution in [-0.2, 0) is 27.8 Å². The van der Waals surface area contributed by atoms with E-state index in [4.69, 9.17) is 11.6 Å². The number of hydrogen-bond acceptors (Lipinski definition) is 4. The Kier molecular flexibility index (Phi) is 7.29. The summed E-state index contributed by atoms with van der Waals surface area (Å²) >= 11 is 6.26. The third-order valence-electron chi connectivity index (χ3n) is 5.06. The zero-order valence-electron chi connectivity index (χ0n) is 16.5. The smallest absolute Gasteiger partial charge is 0.243 e. The SMILES string of the molecule is CCc1ccc(S(=O)(=O)N(CC(=O)N2CCNCC2)Cc2ccccc2Cl)cc1. The maximum absolute atomic E-state index is 13.4. The predicted molar refractivity (Wildman–Crippen MR) is 114 cm³/mol. The van der Waals surface area contributed by atoms with Crippen molar-refractivity contribution < 1.29 is 13.2 Å². The summed E-state index contributed by atoms with van der Waals surface area (Å²) in [5.74, 6) is -0.202. The van der Waals surface area contributed by atoms with Crippen LogP contribution >= 0.6 is 11.6 Å². The molecule has 1 aliphatic heterocycles. The summed E-state index contributed by atoms with van der Waals surface area (Å²) in [6.45, 7) is 4.40. The first-order valence-electron chi connectivity index (χ1n) is 9.73. The Morgan fingerprint density at radius 2 is 1.76 bits per heavy atom. The van der Waals surface area contributed by atoms with Crippen LogP contribution in [0.15, 0.2) is 53.4 Å². The van der Waals surface area contributed by atoms with E-state index in [9.17, 15) is 13.2 Å². The topological polar surface area (TPSA) is 69.7 Å². The first-order valence-corrected chi connectivity index (χ1v) is 11.5. The van der Waals surface area contributed by atoms with Gasteiger partial charge in [-0.3, -0.25) is 4.79 Å².